The SMILES string of the molecule is NCC(OCCc1cccs1)C(F)(F)F. The van der Waals surface area contributed by atoms with E-state index in [1.54, 1.807) is 0 Å². The molecule has 86 valence electrons. The van der Waals surface area contributed by atoms with Crippen molar-refractivity contribution in [3.8, 4) is 0 Å². The third-order valence-corrected chi connectivity index (χ3v) is 2.76. The van der Waals surface area contributed by atoms with Gasteiger partial charge in [-0.2, -0.15) is 13.2 Å². The Bertz CT molecular complexity index is 273. The summed E-state index contributed by atoms with van der Waals surface area (Å²) >= 11 is 1.50. The van der Waals surface area contributed by atoms with Crippen molar-refractivity contribution >= 4 is 11.3 Å². The smallest absolute Gasteiger partial charge is 0.367 e. The van der Waals surface area contributed by atoms with Crippen LogP contribution in [0.5, 0.6) is 0 Å². The molecule has 15 heavy (non-hydrogen) atoms. The van der Waals surface area contributed by atoms with Crippen molar-refractivity contribution < 1.29 is 17.9 Å². The van der Waals surface area contributed by atoms with Crippen LogP contribution in [0.1, 0.15) is 4.88 Å². The molecule has 0 saturated heterocycles. The molecule has 1 heterocycles. The Kier molecular flexibility index (Phi) is 4.56. The second-order valence-corrected chi connectivity index (χ2v) is 4.00. The van der Waals surface area contributed by atoms with Gasteiger partial charge in [-0.15, -0.1) is 11.3 Å². The van der Waals surface area contributed by atoms with Gasteiger partial charge in [0, 0.05) is 17.8 Å². The summed E-state index contributed by atoms with van der Waals surface area (Å²) in [5.41, 5.74) is 4.98. The molecule has 2 nitrogen and oxygen atoms in total. The Morgan fingerprint density at radius 2 is 2.20 bits per heavy atom. The van der Waals surface area contributed by atoms with Gasteiger partial charge in [-0.25, -0.2) is 0 Å². The molecule has 0 aromatic carbocycles. The maximum atomic E-state index is 12.2. The lowest BCUT2D eigenvalue weighted by atomic mass is 10.3. The van der Waals surface area contributed by atoms with Crippen molar-refractivity contribution in [2.45, 2.75) is 18.7 Å². The van der Waals surface area contributed by atoms with Gasteiger partial charge in [0.15, 0.2) is 6.10 Å². The summed E-state index contributed by atoms with van der Waals surface area (Å²) < 4.78 is 41.2. The summed E-state index contributed by atoms with van der Waals surface area (Å²) in [4.78, 5) is 1.01. The predicted molar refractivity (Wildman–Crippen MR) is 52.9 cm³/mol. The molecule has 1 unspecified atom stereocenters. The summed E-state index contributed by atoms with van der Waals surface area (Å²) in [6, 6.07) is 3.71. The average molecular weight is 239 g/mol. The number of thiophene rings is 1. The number of halogens is 3. The number of ether oxygens (including phenoxy) is 1. The maximum Gasteiger partial charge on any atom is 0.415 e. The highest BCUT2D eigenvalue weighted by Crippen LogP contribution is 2.22. The minimum absolute atomic E-state index is 0.0435. The maximum absolute atomic E-state index is 12.2. The zero-order valence-corrected chi connectivity index (χ0v) is 8.77. The first kappa shape index (κ1) is 12.5. The van der Waals surface area contributed by atoms with Gasteiger partial charge in [0.25, 0.3) is 0 Å². The van der Waals surface area contributed by atoms with Crippen LogP contribution in [0.2, 0.25) is 0 Å². The fourth-order valence-electron chi connectivity index (χ4n) is 1.05. The molecule has 1 aromatic heterocycles. The van der Waals surface area contributed by atoms with Gasteiger partial charge in [0.2, 0.25) is 0 Å². The van der Waals surface area contributed by atoms with Gasteiger partial charge in [0.1, 0.15) is 0 Å². The average Bonchev–Trinajstić information content (AvgIpc) is 2.62. The molecule has 0 radical (unpaired) electrons. The van der Waals surface area contributed by atoms with Crippen LogP contribution >= 0.6 is 11.3 Å². The van der Waals surface area contributed by atoms with E-state index >= 15 is 0 Å². The van der Waals surface area contributed by atoms with E-state index in [4.69, 9.17) is 5.73 Å². The third kappa shape index (κ3) is 4.19. The van der Waals surface area contributed by atoms with Crippen LogP contribution in [-0.4, -0.2) is 25.4 Å². The summed E-state index contributed by atoms with van der Waals surface area (Å²) in [5.74, 6) is 0. The van der Waals surface area contributed by atoms with Crippen LogP contribution < -0.4 is 5.73 Å². The molecule has 0 spiro atoms. The van der Waals surface area contributed by atoms with Crippen LogP contribution in [0.4, 0.5) is 13.2 Å². The number of rotatable bonds is 5. The van der Waals surface area contributed by atoms with E-state index in [1.807, 2.05) is 17.5 Å². The van der Waals surface area contributed by atoms with Crippen molar-refractivity contribution in [3.05, 3.63) is 22.4 Å². The topological polar surface area (TPSA) is 35.2 Å². The van der Waals surface area contributed by atoms with Crippen molar-refractivity contribution in [2.75, 3.05) is 13.2 Å². The van der Waals surface area contributed by atoms with Gasteiger partial charge in [0.05, 0.1) is 6.61 Å². The van der Waals surface area contributed by atoms with Crippen LogP contribution in [0.3, 0.4) is 0 Å². The van der Waals surface area contributed by atoms with Crippen molar-refractivity contribution in [3.63, 3.8) is 0 Å². The van der Waals surface area contributed by atoms with Crippen LogP contribution in [0.25, 0.3) is 0 Å². The Balaban J connectivity index is 2.29. The van der Waals surface area contributed by atoms with Crippen LogP contribution in [-0.2, 0) is 11.2 Å². The Morgan fingerprint density at radius 3 is 2.67 bits per heavy atom. The molecule has 2 N–H and O–H groups in total. The predicted octanol–water partition coefficient (Wildman–Crippen LogP) is 2.20. The van der Waals surface area contributed by atoms with Gasteiger partial charge in [-0.3, -0.25) is 0 Å². The number of nitrogens with two attached hydrogens (primary N) is 1. The summed E-state index contributed by atoms with van der Waals surface area (Å²) in [5, 5.41) is 1.87. The highest BCUT2D eigenvalue weighted by atomic mass is 32.1. The summed E-state index contributed by atoms with van der Waals surface area (Å²) in [7, 11) is 0. The van der Waals surface area contributed by atoms with E-state index in [-0.39, 0.29) is 6.61 Å². The Labute approximate surface area is 89.8 Å². The summed E-state index contributed by atoms with van der Waals surface area (Å²) in [6.07, 6.45) is -5.73. The number of alkyl halides is 3. The second-order valence-electron chi connectivity index (χ2n) is 2.97. The first-order valence-corrected chi connectivity index (χ1v) is 5.32. The Hall–Kier alpha value is -0.590. The molecule has 1 rings (SSSR count). The lowest BCUT2D eigenvalue weighted by Crippen LogP contribution is -2.38. The highest BCUT2D eigenvalue weighted by molar-refractivity contribution is 7.09. The fraction of sp³-hybridized carbons (Fsp3) is 0.556. The molecule has 0 aliphatic carbocycles. The molecule has 0 bridgehead atoms. The largest absolute Gasteiger partial charge is 0.415 e. The van der Waals surface area contributed by atoms with Crippen LogP contribution in [0, 0.1) is 0 Å². The zero-order chi connectivity index (χ0) is 11.3. The van der Waals surface area contributed by atoms with Crippen molar-refractivity contribution in [2.24, 2.45) is 5.73 Å². The van der Waals surface area contributed by atoms with Gasteiger partial charge in [-0.1, -0.05) is 6.07 Å². The molecular formula is C9H12F3NOS. The van der Waals surface area contributed by atoms with Crippen molar-refractivity contribution in [1.82, 2.24) is 0 Å². The number of hydrogen-bond acceptors (Lipinski definition) is 3. The Morgan fingerprint density at radius 1 is 1.47 bits per heavy atom. The van der Waals surface area contributed by atoms with Crippen molar-refractivity contribution in [1.29, 1.82) is 0 Å². The van der Waals surface area contributed by atoms with Gasteiger partial charge >= 0.3 is 6.18 Å². The molecule has 0 fully saturated rings. The fourth-order valence-corrected chi connectivity index (χ4v) is 1.74. The molecule has 6 heteroatoms. The van der Waals surface area contributed by atoms with E-state index in [0.29, 0.717) is 6.42 Å². The first-order chi connectivity index (χ1) is 7.04. The molecule has 0 saturated carbocycles. The first-order valence-electron chi connectivity index (χ1n) is 4.45. The molecule has 0 amide bonds. The molecule has 1 atom stereocenters. The quantitative estimate of drug-likeness (QED) is 0.855. The lowest BCUT2D eigenvalue weighted by molar-refractivity contribution is -0.216. The standard InChI is InChI=1S/C9H12F3NOS/c10-9(11,12)8(6-13)14-4-3-7-2-1-5-15-7/h1-2,5,8H,3-4,6,13H2. The minimum atomic E-state index is -4.37. The second kappa shape index (κ2) is 5.48. The molecular weight excluding hydrogens is 227 g/mol. The monoisotopic (exact) mass is 239 g/mol. The normalized spacial score (nSPS) is 14.1. The minimum Gasteiger partial charge on any atom is -0.367 e. The van der Waals surface area contributed by atoms with E-state index in [1.165, 1.54) is 11.3 Å². The molecule has 0 aliphatic heterocycles. The van der Waals surface area contributed by atoms with E-state index < -0.39 is 18.8 Å². The highest BCUT2D eigenvalue weighted by Gasteiger charge is 2.39. The zero-order valence-electron chi connectivity index (χ0n) is 7.96. The van der Waals surface area contributed by atoms with E-state index in [9.17, 15) is 13.2 Å². The van der Waals surface area contributed by atoms with E-state index in [0.717, 1.165) is 4.88 Å². The lowest BCUT2D eigenvalue weighted by Gasteiger charge is -2.18. The summed E-state index contributed by atoms with van der Waals surface area (Å²) in [6.45, 7) is -0.490. The van der Waals surface area contributed by atoms with Gasteiger partial charge in [-0.05, 0) is 11.4 Å². The van der Waals surface area contributed by atoms with Crippen LogP contribution in [0.15, 0.2) is 17.5 Å². The van der Waals surface area contributed by atoms with E-state index in [2.05, 4.69) is 4.74 Å². The molecule has 0 aliphatic rings. The third-order valence-electron chi connectivity index (χ3n) is 1.83. The molecule has 1 aromatic rings. The number of hydrogen-bond donors (Lipinski definition) is 1. The van der Waals surface area contributed by atoms with Gasteiger partial charge < -0.3 is 10.5 Å².